The third kappa shape index (κ3) is 4.86. The molecular weight excluding hydrogens is 705 g/mol. The fraction of sp³-hybridized carbons (Fsp3) is 0. The van der Waals surface area contributed by atoms with Crippen molar-refractivity contribution in [1.29, 1.82) is 0 Å². The molecule has 0 saturated heterocycles. The molecule has 0 spiro atoms. The van der Waals surface area contributed by atoms with Crippen molar-refractivity contribution in [3.05, 3.63) is 206 Å². The molecule has 1 aromatic heterocycles. The van der Waals surface area contributed by atoms with E-state index in [-0.39, 0.29) is 0 Å². The van der Waals surface area contributed by atoms with E-state index in [4.69, 9.17) is 0 Å². The Morgan fingerprint density at radius 2 is 0.667 bits per heavy atom. The van der Waals surface area contributed by atoms with Gasteiger partial charge in [0.15, 0.2) is 0 Å². The average molecular weight is 739 g/mol. The minimum Gasteiger partial charge on any atom is -0.135 e. The summed E-state index contributed by atoms with van der Waals surface area (Å²) in [6.45, 7) is 0. The first-order valence-corrected chi connectivity index (χ1v) is 20.5. The molecule has 0 aliphatic heterocycles. The van der Waals surface area contributed by atoms with E-state index in [1.54, 1.807) is 0 Å². The van der Waals surface area contributed by atoms with Crippen molar-refractivity contribution in [3.8, 4) is 44.5 Å². The molecule has 1 heteroatoms. The summed E-state index contributed by atoms with van der Waals surface area (Å²) in [6.07, 6.45) is 0. The first-order valence-electron chi connectivity index (χ1n) is 19.7. The Kier molecular flexibility index (Phi) is 7.20. The van der Waals surface area contributed by atoms with E-state index >= 15 is 0 Å². The summed E-state index contributed by atoms with van der Waals surface area (Å²) in [4.78, 5) is 0. The Morgan fingerprint density at radius 3 is 1.26 bits per heavy atom. The van der Waals surface area contributed by atoms with Crippen LogP contribution >= 0.6 is 11.3 Å². The lowest BCUT2D eigenvalue weighted by molar-refractivity contribution is 1.67. The van der Waals surface area contributed by atoms with Gasteiger partial charge in [-0.15, -0.1) is 11.3 Å². The van der Waals surface area contributed by atoms with E-state index in [2.05, 4.69) is 206 Å². The highest BCUT2D eigenvalue weighted by molar-refractivity contribution is 7.26. The van der Waals surface area contributed by atoms with Gasteiger partial charge in [0.25, 0.3) is 0 Å². The predicted octanol–water partition coefficient (Wildman–Crippen LogP) is 16.5. The van der Waals surface area contributed by atoms with E-state index in [1.165, 1.54) is 119 Å². The van der Waals surface area contributed by atoms with E-state index in [0.717, 1.165) is 0 Å². The molecule has 0 fully saturated rings. The topological polar surface area (TPSA) is 0 Å². The fourth-order valence-corrected chi connectivity index (χ4v) is 10.9. The molecule has 0 aliphatic carbocycles. The van der Waals surface area contributed by atoms with Gasteiger partial charge in [0, 0.05) is 25.7 Å². The second-order valence-corrected chi connectivity index (χ2v) is 16.1. The minimum absolute atomic E-state index is 1.24. The normalized spacial score (nSPS) is 11.9. The predicted molar refractivity (Wildman–Crippen MR) is 249 cm³/mol. The minimum atomic E-state index is 1.24. The summed E-state index contributed by atoms with van der Waals surface area (Å²) < 4.78 is 2.63. The van der Waals surface area contributed by atoms with Gasteiger partial charge in [-0.25, -0.2) is 0 Å². The Balaban J connectivity index is 1.12. The third-order valence-electron chi connectivity index (χ3n) is 12.0. The van der Waals surface area contributed by atoms with Gasteiger partial charge in [-0.05, 0) is 105 Å². The molecule has 1 heterocycles. The summed E-state index contributed by atoms with van der Waals surface area (Å²) in [5, 5.41) is 15.4. The van der Waals surface area contributed by atoms with Crippen molar-refractivity contribution in [2.24, 2.45) is 0 Å². The lowest BCUT2D eigenvalue weighted by Gasteiger charge is -2.19. The Morgan fingerprint density at radius 1 is 0.246 bits per heavy atom. The molecule has 12 rings (SSSR count). The Labute approximate surface area is 334 Å². The van der Waals surface area contributed by atoms with Gasteiger partial charge in [-0.1, -0.05) is 194 Å². The zero-order valence-electron chi connectivity index (χ0n) is 31.0. The molecule has 264 valence electrons. The lowest BCUT2D eigenvalue weighted by atomic mass is 9.84. The second kappa shape index (κ2) is 12.7. The number of rotatable bonds is 4. The number of thiophene rings is 1. The van der Waals surface area contributed by atoms with Crippen LogP contribution in [0.1, 0.15) is 0 Å². The SMILES string of the molecule is c1ccc(-c2c3ccccc3c(-c3cccc4c3sc3ccc(-c5c6ccccc6c(-c6cccc7ccccc67)c6ccccc56)cc34)c3ccccc23)cc1. The molecule has 0 amide bonds. The maximum absolute atomic E-state index is 2.46. The molecule has 0 bridgehead atoms. The van der Waals surface area contributed by atoms with Gasteiger partial charge in [0.1, 0.15) is 0 Å². The molecular formula is C56H34S. The van der Waals surface area contributed by atoms with Crippen LogP contribution in [0, 0.1) is 0 Å². The van der Waals surface area contributed by atoms with E-state index in [1.807, 2.05) is 11.3 Å². The maximum Gasteiger partial charge on any atom is 0.0434 e. The summed E-state index contributed by atoms with van der Waals surface area (Å²) in [6, 6.07) is 76.4. The molecule has 0 saturated carbocycles. The molecule has 0 unspecified atom stereocenters. The van der Waals surface area contributed by atoms with E-state index < -0.39 is 0 Å². The highest BCUT2D eigenvalue weighted by Crippen LogP contribution is 2.50. The maximum atomic E-state index is 2.46. The van der Waals surface area contributed by atoms with Gasteiger partial charge < -0.3 is 0 Å². The Hall–Kier alpha value is -7.06. The first-order chi connectivity index (χ1) is 28.3. The molecule has 0 radical (unpaired) electrons. The van der Waals surface area contributed by atoms with Crippen molar-refractivity contribution < 1.29 is 0 Å². The summed E-state index contributed by atoms with van der Waals surface area (Å²) in [5.74, 6) is 0. The van der Waals surface area contributed by atoms with E-state index in [9.17, 15) is 0 Å². The molecule has 0 N–H and O–H groups in total. The molecule has 57 heavy (non-hydrogen) atoms. The van der Waals surface area contributed by atoms with Crippen molar-refractivity contribution in [1.82, 2.24) is 0 Å². The number of hydrogen-bond donors (Lipinski definition) is 0. The zero-order chi connectivity index (χ0) is 37.5. The summed E-state index contributed by atoms with van der Waals surface area (Å²) in [7, 11) is 0. The molecule has 0 nitrogen and oxygen atoms in total. The van der Waals surface area contributed by atoms with Gasteiger partial charge in [0.2, 0.25) is 0 Å². The summed E-state index contributed by atoms with van der Waals surface area (Å²) >= 11 is 1.91. The number of fused-ring (bicyclic) bond motifs is 8. The van der Waals surface area contributed by atoms with E-state index in [0.29, 0.717) is 0 Å². The van der Waals surface area contributed by atoms with Crippen LogP contribution in [0.4, 0.5) is 0 Å². The second-order valence-electron chi connectivity index (χ2n) is 15.1. The highest BCUT2D eigenvalue weighted by Gasteiger charge is 2.21. The molecule has 0 aliphatic rings. The van der Waals surface area contributed by atoms with Crippen LogP contribution < -0.4 is 0 Å². The van der Waals surface area contributed by atoms with Crippen molar-refractivity contribution in [2.75, 3.05) is 0 Å². The fourth-order valence-electron chi connectivity index (χ4n) is 9.66. The van der Waals surface area contributed by atoms with Crippen LogP contribution in [0.15, 0.2) is 206 Å². The van der Waals surface area contributed by atoms with Gasteiger partial charge in [-0.2, -0.15) is 0 Å². The van der Waals surface area contributed by atoms with Crippen molar-refractivity contribution >= 4 is 85.4 Å². The first kappa shape index (κ1) is 32.2. The van der Waals surface area contributed by atoms with Gasteiger partial charge in [-0.3, -0.25) is 0 Å². The standard InChI is InChI=1S/C56H34S/c1-2-17-36(18-3-1)52-40-21-6-12-27-46(40)55(47-28-13-7-22-41(47)52)49-31-15-30-48-50-34-37(32-33-51(50)57-56(48)49)53-42-23-8-10-25-44(42)54(45-26-11-9-24-43(45)53)39-29-14-19-35-16-4-5-20-38(35)39/h1-34H. The zero-order valence-corrected chi connectivity index (χ0v) is 31.9. The molecule has 0 atom stereocenters. The number of benzene rings is 11. The Bertz CT molecular complexity index is 3450. The van der Waals surface area contributed by atoms with Crippen molar-refractivity contribution in [3.63, 3.8) is 0 Å². The highest BCUT2D eigenvalue weighted by atomic mass is 32.1. The van der Waals surface area contributed by atoms with Crippen LogP contribution in [-0.2, 0) is 0 Å². The van der Waals surface area contributed by atoms with Crippen LogP contribution in [0.2, 0.25) is 0 Å². The quantitative estimate of drug-likeness (QED) is 0.158. The van der Waals surface area contributed by atoms with Crippen molar-refractivity contribution in [2.45, 2.75) is 0 Å². The smallest absolute Gasteiger partial charge is 0.0434 e. The lowest BCUT2D eigenvalue weighted by Crippen LogP contribution is -1.91. The van der Waals surface area contributed by atoms with Crippen LogP contribution in [0.25, 0.3) is 119 Å². The number of hydrogen-bond acceptors (Lipinski definition) is 1. The monoisotopic (exact) mass is 738 g/mol. The summed E-state index contributed by atoms with van der Waals surface area (Å²) in [5.41, 5.74) is 10.2. The molecule has 11 aromatic carbocycles. The van der Waals surface area contributed by atoms with Crippen LogP contribution in [0.5, 0.6) is 0 Å². The average Bonchev–Trinajstić information content (AvgIpc) is 3.66. The van der Waals surface area contributed by atoms with Crippen LogP contribution in [0.3, 0.4) is 0 Å². The third-order valence-corrected chi connectivity index (χ3v) is 13.3. The largest absolute Gasteiger partial charge is 0.135 e. The van der Waals surface area contributed by atoms with Crippen LogP contribution in [-0.4, -0.2) is 0 Å². The molecule has 12 aromatic rings. The van der Waals surface area contributed by atoms with Gasteiger partial charge in [0.05, 0.1) is 0 Å². The van der Waals surface area contributed by atoms with Gasteiger partial charge >= 0.3 is 0 Å².